The van der Waals surface area contributed by atoms with Crippen LogP contribution in [0.15, 0.2) is 30.3 Å². The van der Waals surface area contributed by atoms with Gasteiger partial charge in [0.05, 0.1) is 5.56 Å². The van der Waals surface area contributed by atoms with Crippen LogP contribution in [0.3, 0.4) is 0 Å². The first-order valence-electron chi connectivity index (χ1n) is 8.50. The number of hydrogen-bond donors (Lipinski definition) is 1. The molecule has 2 rings (SSSR count). The predicted molar refractivity (Wildman–Crippen MR) is 91.8 cm³/mol. The van der Waals surface area contributed by atoms with Crippen molar-refractivity contribution in [2.45, 2.75) is 64.7 Å². The summed E-state index contributed by atoms with van der Waals surface area (Å²) in [5.74, 6) is -0.0997. The van der Waals surface area contributed by atoms with Crippen molar-refractivity contribution < 1.29 is 19.1 Å². The molecular weight excluding hydrogens is 306 g/mol. The maximum Gasteiger partial charge on any atom is 0.407 e. The van der Waals surface area contributed by atoms with Gasteiger partial charge in [-0.3, -0.25) is 0 Å². The highest BCUT2D eigenvalue weighted by Gasteiger charge is 2.32. The van der Waals surface area contributed by atoms with Crippen molar-refractivity contribution in [3.63, 3.8) is 0 Å². The lowest BCUT2D eigenvalue weighted by molar-refractivity contribution is -0.00133. The molecule has 5 nitrogen and oxygen atoms in total. The average Bonchev–Trinajstić information content (AvgIpc) is 2.49. The predicted octanol–water partition coefficient (Wildman–Crippen LogP) is 3.93. The summed E-state index contributed by atoms with van der Waals surface area (Å²) in [6.45, 7) is 7.57. The van der Waals surface area contributed by atoms with E-state index in [0.717, 1.165) is 19.3 Å². The number of esters is 1. The first kappa shape index (κ1) is 18.3. The number of carbonyl (C=O) groups is 2. The van der Waals surface area contributed by atoms with Gasteiger partial charge in [-0.1, -0.05) is 25.1 Å². The summed E-state index contributed by atoms with van der Waals surface area (Å²) in [5.41, 5.74) is 0.0664. The molecule has 1 N–H and O–H groups in total. The van der Waals surface area contributed by atoms with E-state index in [4.69, 9.17) is 9.47 Å². The van der Waals surface area contributed by atoms with Gasteiger partial charge in [-0.05, 0) is 58.1 Å². The Labute approximate surface area is 143 Å². The van der Waals surface area contributed by atoms with Gasteiger partial charge in [0.1, 0.15) is 11.7 Å². The normalized spacial score (nSPS) is 24.1. The summed E-state index contributed by atoms with van der Waals surface area (Å²) in [4.78, 5) is 24.0. The van der Waals surface area contributed by atoms with Crippen LogP contribution in [0.4, 0.5) is 4.79 Å². The zero-order valence-electron chi connectivity index (χ0n) is 14.9. The fourth-order valence-electron chi connectivity index (χ4n) is 2.93. The molecule has 5 heteroatoms. The van der Waals surface area contributed by atoms with Crippen LogP contribution in [0.25, 0.3) is 0 Å². The number of carbonyl (C=O) groups excluding carboxylic acids is 2. The number of hydrogen-bond acceptors (Lipinski definition) is 4. The molecule has 1 fully saturated rings. The molecule has 0 unspecified atom stereocenters. The molecule has 1 aromatic rings. The summed E-state index contributed by atoms with van der Waals surface area (Å²) in [5, 5.41) is 2.91. The molecule has 0 radical (unpaired) electrons. The topological polar surface area (TPSA) is 64.6 Å². The van der Waals surface area contributed by atoms with Crippen LogP contribution in [0, 0.1) is 5.92 Å². The number of nitrogens with one attached hydrogen (secondary N) is 1. The van der Waals surface area contributed by atoms with Gasteiger partial charge >= 0.3 is 12.1 Å². The van der Waals surface area contributed by atoms with E-state index in [1.165, 1.54) is 0 Å². The zero-order chi connectivity index (χ0) is 17.7. The molecule has 0 aliphatic heterocycles. The van der Waals surface area contributed by atoms with E-state index in [1.807, 2.05) is 45.9 Å². The van der Waals surface area contributed by atoms with Gasteiger partial charge < -0.3 is 14.8 Å². The SMILES string of the molecule is C[C@H]1C[C@H](NC(=O)OC(C)(C)C)CC[C@@H]1OC(=O)c1ccccc1. The van der Waals surface area contributed by atoms with Gasteiger partial charge in [0.15, 0.2) is 0 Å². The molecule has 1 aliphatic rings. The largest absolute Gasteiger partial charge is 0.458 e. The van der Waals surface area contributed by atoms with Crippen LogP contribution < -0.4 is 5.32 Å². The Morgan fingerprint density at radius 1 is 1.12 bits per heavy atom. The van der Waals surface area contributed by atoms with Crippen molar-refractivity contribution in [3.05, 3.63) is 35.9 Å². The molecule has 132 valence electrons. The Morgan fingerprint density at radius 3 is 2.38 bits per heavy atom. The van der Waals surface area contributed by atoms with E-state index < -0.39 is 5.60 Å². The zero-order valence-corrected chi connectivity index (χ0v) is 14.9. The van der Waals surface area contributed by atoms with Crippen molar-refractivity contribution in [2.75, 3.05) is 0 Å². The maximum absolute atomic E-state index is 12.2. The summed E-state index contributed by atoms with van der Waals surface area (Å²) in [6.07, 6.45) is 1.77. The van der Waals surface area contributed by atoms with E-state index in [1.54, 1.807) is 12.1 Å². The number of amides is 1. The van der Waals surface area contributed by atoms with Crippen molar-refractivity contribution in [2.24, 2.45) is 5.92 Å². The Balaban J connectivity index is 1.82. The summed E-state index contributed by atoms with van der Waals surface area (Å²) in [6, 6.07) is 9.07. The molecule has 1 saturated carbocycles. The smallest absolute Gasteiger partial charge is 0.407 e. The maximum atomic E-state index is 12.2. The minimum Gasteiger partial charge on any atom is -0.458 e. The molecule has 24 heavy (non-hydrogen) atoms. The lowest BCUT2D eigenvalue weighted by atomic mass is 9.84. The number of benzene rings is 1. The fourth-order valence-corrected chi connectivity index (χ4v) is 2.93. The van der Waals surface area contributed by atoms with Crippen LogP contribution in [-0.4, -0.2) is 29.8 Å². The molecule has 3 atom stereocenters. The number of alkyl carbamates (subject to hydrolysis) is 1. The number of rotatable bonds is 3. The van der Waals surface area contributed by atoms with Gasteiger partial charge in [0.25, 0.3) is 0 Å². The monoisotopic (exact) mass is 333 g/mol. The van der Waals surface area contributed by atoms with Crippen molar-refractivity contribution >= 4 is 12.1 Å². The fraction of sp³-hybridized carbons (Fsp3) is 0.579. The number of ether oxygens (including phenoxy) is 2. The molecule has 0 spiro atoms. The van der Waals surface area contributed by atoms with Gasteiger partial charge in [-0.15, -0.1) is 0 Å². The third kappa shape index (κ3) is 5.55. The van der Waals surface area contributed by atoms with Crippen LogP contribution >= 0.6 is 0 Å². The van der Waals surface area contributed by atoms with Crippen LogP contribution in [0.1, 0.15) is 57.3 Å². The first-order valence-corrected chi connectivity index (χ1v) is 8.50. The molecule has 0 bridgehead atoms. The second-order valence-electron chi connectivity index (χ2n) is 7.44. The third-order valence-corrected chi connectivity index (χ3v) is 4.08. The highest BCUT2D eigenvalue weighted by Crippen LogP contribution is 2.28. The minimum atomic E-state index is -0.502. The second-order valence-corrected chi connectivity index (χ2v) is 7.44. The minimum absolute atomic E-state index is 0.0570. The van der Waals surface area contributed by atoms with Crippen LogP contribution in [-0.2, 0) is 9.47 Å². The summed E-state index contributed by atoms with van der Waals surface area (Å²) >= 11 is 0. The summed E-state index contributed by atoms with van der Waals surface area (Å²) in [7, 11) is 0. The highest BCUT2D eigenvalue weighted by atomic mass is 16.6. The van der Waals surface area contributed by atoms with E-state index in [0.29, 0.717) is 5.56 Å². The van der Waals surface area contributed by atoms with E-state index in [-0.39, 0.29) is 30.1 Å². The molecule has 0 heterocycles. The Hall–Kier alpha value is -2.04. The molecular formula is C19H27NO4. The van der Waals surface area contributed by atoms with E-state index in [9.17, 15) is 9.59 Å². The van der Waals surface area contributed by atoms with Crippen molar-refractivity contribution in [1.29, 1.82) is 0 Å². The average molecular weight is 333 g/mol. The lowest BCUT2D eigenvalue weighted by Crippen LogP contribution is -2.44. The quantitative estimate of drug-likeness (QED) is 0.851. The highest BCUT2D eigenvalue weighted by molar-refractivity contribution is 5.89. The second kappa shape index (κ2) is 7.69. The molecule has 1 aliphatic carbocycles. The molecule has 1 amide bonds. The van der Waals surface area contributed by atoms with Crippen LogP contribution in [0.5, 0.6) is 0 Å². The molecule has 1 aromatic carbocycles. The summed E-state index contributed by atoms with van der Waals surface area (Å²) < 4.78 is 10.9. The lowest BCUT2D eigenvalue weighted by Gasteiger charge is -2.34. The van der Waals surface area contributed by atoms with E-state index in [2.05, 4.69) is 5.32 Å². The third-order valence-electron chi connectivity index (χ3n) is 4.08. The molecule has 0 saturated heterocycles. The Bertz CT molecular complexity index is 564. The van der Waals surface area contributed by atoms with Gasteiger partial charge in [-0.2, -0.15) is 0 Å². The van der Waals surface area contributed by atoms with Gasteiger partial charge in [-0.25, -0.2) is 9.59 Å². The van der Waals surface area contributed by atoms with Crippen molar-refractivity contribution in [1.82, 2.24) is 5.32 Å². The van der Waals surface area contributed by atoms with E-state index >= 15 is 0 Å². The standard InChI is InChI=1S/C19H27NO4/c1-13-12-15(20-18(22)24-19(2,3)4)10-11-16(13)23-17(21)14-8-6-5-7-9-14/h5-9,13,15-16H,10-12H2,1-4H3,(H,20,22)/t13-,15+,16-/m0/s1. The molecule has 0 aromatic heterocycles. The van der Waals surface area contributed by atoms with Gasteiger partial charge in [0, 0.05) is 6.04 Å². The van der Waals surface area contributed by atoms with Gasteiger partial charge in [0.2, 0.25) is 0 Å². The first-order chi connectivity index (χ1) is 11.2. The van der Waals surface area contributed by atoms with Crippen LogP contribution in [0.2, 0.25) is 0 Å². The van der Waals surface area contributed by atoms with Crippen molar-refractivity contribution in [3.8, 4) is 0 Å². The Kier molecular flexibility index (Phi) is 5.86. The Morgan fingerprint density at radius 2 is 1.79 bits per heavy atom.